The second-order valence-electron chi connectivity index (χ2n) is 4.11. The summed E-state index contributed by atoms with van der Waals surface area (Å²) in [5.74, 6) is -0.893. The Morgan fingerprint density at radius 2 is 2.05 bits per heavy atom. The molecule has 0 atom stereocenters. The largest absolute Gasteiger partial charge is 0.392 e. The number of hydrogen-bond acceptors (Lipinski definition) is 4. The fourth-order valence-corrected chi connectivity index (χ4v) is 2.69. The van der Waals surface area contributed by atoms with Gasteiger partial charge in [-0.1, -0.05) is 12.1 Å². The van der Waals surface area contributed by atoms with Crippen LogP contribution in [0.15, 0.2) is 47.6 Å². The summed E-state index contributed by atoms with van der Waals surface area (Å²) in [5, 5.41) is 8.87. The number of aromatic nitrogens is 1. The fraction of sp³-hybridized carbons (Fsp3) is 0.154. The third-order valence-electron chi connectivity index (χ3n) is 2.66. The SMILES string of the molecule is O=S(=O)(NCc1cccnc1)c1ccc(CO)cc1F. The molecular weight excluding hydrogens is 283 g/mol. The van der Waals surface area contributed by atoms with E-state index in [1.54, 1.807) is 18.3 Å². The summed E-state index contributed by atoms with van der Waals surface area (Å²) in [7, 11) is -3.95. The van der Waals surface area contributed by atoms with Gasteiger partial charge in [0.05, 0.1) is 6.61 Å². The summed E-state index contributed by atoms with van der Waals surface area (Å²) < 4.78 is 40.0. The average Bonchev–Trinajstić information content (AvgIpc) is 2.46. The summed E-state index contributed by atoms with van der Waals surface area (Å²) in [6, 6.07) is 6.88. The lowest BCUT2D eigenvalue weighted by Gasteiger charge is -2.08. The van der Waals surface area contributed by atoms with Gasteiger partial charge in [-0.2, -0.15) is 0 Å². The van der Waals surface area contributed by atoms with E-state index in [1.165, 1.54) is 12.3 Å². The first kappa shape index (κ1) is 14.6. The first-order valence-corrected chi connectivity index (χ1v) is 7.29. The van der Waals surface area contributed by atoms with Crippen LogP contribution < -0.4 is 4.72 Å². The van der Waals surface area contributed by atoms with Gasteiger partial charge in [0.1, 0.15) is 10.7 Å². The van der Waals surface area contributed by atoms with Gasteiger partial charge in [0.25, 0.3) is 0 Å². The Labute approximate surface area is 116 Å². The smallest absolute Gasteiger partial charge is 0.243 e. The van der Waals surface area contributed by atoms with E-state index in [9.17, 15) is 12.8 Å². The van der Waals surface area contributed by atoms with Gasteiger partial charge >= 0.3 is 0 Å². The summed E-state index contributed by atoms with van der Waals surface area (Å²) in [4.78, 5) is 3.42. The van der Waals surface area contributed by atoms with Crippen LogP contribution in [0.4, 0.5) is 4.39 Å². The summed E-state index contributed by atoms with van der Waals surface area (Å²) in [5.41, 5.74) is 0.983. The Bertz CT molecular complexity index is 690. The lowest BCUT2D eigenvalue weighted by Crippen LogP contribution is -2.24. The predicted octanol–water partition coefficient (Wildman–Crippen LogP) is 1.19. The maximum atomic E-state index is 13.7. The van der Waals surface area contributed by atoms with Gasteiger partial charge in [-0.15, -0.1) is 0 Å². The van der Waals surface area contributed by atoms with Crippen molar-refractivity contribution in [2.75, 3.05) is 0 Å². The van der Waals surface area contributed by atoms with Crippen molar-refractivity contribution in [3.05, 3.63) is 59.7 Å². The lowest BCUT2D eigenvalue weighted by atomic mass is 10.2. The molecule has 0 unspecified atom stereocenters. The normalized spacial score (nSPS) is 11.5. The maximum absolute atomic E-state index is 13.7. The third-order valence-corrected chi connectivity index (χ3v) is 4.09. The van der Waals surface area contributed by atoms with Crippen molar-refractivity contribution >= 4 is 10.0 Å². The molecule has 1 aromatic carbocycles. The highest BCUT2D eigenvalue weighted by atomic mass is 32.2. The van der Waals surface area contributed by atoms with Crippen LogP contribution >= 0.6 is 0 Å². The van der Waals surface area contributed by atoms with Crippen LogP contribution in [0.2, 0.25) is 0 Å². The van der Waals surface area contributed by atoms with Crippen LogP contribution in [0, 0.1) is 5.82 Å². The molecule has 1 aromatic heterocycles. The number of benzene rings is 1. The zero-order chi connectivity index (χ0) is 14.6. The summed E-state index contributed by atoms with van der Waals surface area (Å²) in [6.45, 7) is -0.322. The quantitative estimate of drug-likeness (QED) is 0.868. The molecule has 0 radical (unpaired) electrons. The van der Waals surface area contributed by atoms with E-state index in [-0.39, 0.29) is 13.2 Å². The molecule has 0 aliphatic carbocycles. The third kappa shape index (κ3) is 3.38. The zero-order valence-corrected chi connectivity index (χ0v) is 11.3. The minimum absolute atomic E-state index is 0.0252. The molecule has 0 bridgehead atoms. The molecule has 2 rings (SSSR count). The van der Waals surface area contributed by atoms with Crippen molar-refractivity contribution in [2.45, 2.75) is 18.0 Å². The van der Waals surface area contributed by atoms with Crippen LogP contribution in [-0.2, 0) is 23.2 Å². The molecule has 20 heavy (non-hydrogen) atoms. The second kappa shape index (κ2) is 6.08. The average molecular weight is 296 g/mol. The van der Waals surface area contributed by atoms with E-state index in [0.29, 0.717) is 11.1 Å². The van der Waals surface area contributed by atoms with Crippen LogP contribution in [0.25, 0.3) is 0 Å². The minimum atomic E-state index is -3.95. The molecule has 0 saturated heterocycles. The number of aliphatic hydroxyl groups is 1. The van der Waals surface area contributed by atoms with Crippen molar-refractivity contribution in [3.63, 3.8) is 0 Å². The molecule has 0 spiro atoms. The highest BCUT2D eigenvalue weighted by Gasteiger charge is 2.18. The first-order chi connectivity index (χ1) is 9.53. The van der Waals surface area contributed by atoms with Crippen molar-refractivity contribution in [3.8, 4) is 0 Å². The predicted molar refractivity (Wildman–Crippen MR) is 70.6 cm³/mol. The highest BCUT2D eigenvalue weighted by Crippen LogP contribution is 2.16. The number of pyridine rings is 1. The second-order valence-corrected chi connectivity index (χ2v) is 5.84. The van der Waals surface area contributed by atoms with E-state index in [2.05, 4.69) is 9.71 Å². The van der Waals surface area contributed by atoms with E-state index in [0.717, 1.165) is 12.1 Å². The Morgan fingerprint density at radius 1 is 1.25 bits per heavy atom. The highest BCUT2D eigenvalue weighted by molar-refractivity contribution is 7.89. The zero-order valence-electron chi connectivity index (χ0n) is 10.5. The Morgan fingerprint density at radius 3 is 2.65 bits per heavy atom. The van der Waals surface area contributed by atoms with Crippen molar-refractivity contribution in [1.29, 1.82) is 0 Å². The monoisotopic (exact) mass is 296 g/mol. The standard InChI is InChI=1S/C13H13FN2O3S/c14-12-6-10(9-17)3-4-13(12)20(18,19)16-8-11-2-1-5-15-7-11/h1-7,16-17H,8-9H2. The summed E-state index contributed by atoms with van der Waals surface area (Å²) >= 11 is 0. The van der Waals surface area contributed by atoms with Gasteiger partial charge in [-0.05, 0) is 29.3 Å². The molecule has 1 heterocycles. The Hall–Kier alpha value is -1.83. The number of sulfonamides is 1. The molecule has 7 heteroatoms. The van der Waals surface area contributed by atoms with Crippen LogP contribution in [0.5, 0.6) is 0 Å². The van der Waals surface area contributed by atoms with Gasteiger partial charge in [0, 0.05) is 18.9 Å². The number of aliphatic hydroxyl groups excluding tert-OH is 1. The Kier molecular flexibility index (Phi) is 4.43. The van der Waals surface area contributed by atoms with Crippen LogP contribution in [0.3, 0.4) is 0 Å². The molecular formula is C13H13FN2O3S. The van der Waals surface area contributed by atoms with Crippen LogP contribution in [-0.4, -0.2) is 18.5 Å². The number of hydrogen-bond donors (Lipinski definition) is 2. The lowest BCUT2D eigenvalue weighted by molar-refractivity contribution is 0.281. The summed E-state index contributed by atoms with van der Waals surface area (Å²) in [6.07, 6.45) is 3.10. The first-order valence-electron chi connectivity index (χ1n) is 5.81. The molecule has 5 nitrogen and oxygen atoms in total. The molecule has 106 valence electrons. The number of nitrogens with zero attached hydrogens (tertiary/aromatic N) is 1. The van der Waals surface area contributed by atoms with E-state index >= 15 is 0 Å². The van der Waals surface area contributed by atoms with Gasteiger partial charge in [0.2, 0.25) is 10.0 Å². The van der Waals surface area contributed by atoms with E-state index in [4.69, 9.17) is 5.11 Å². The van der Waals surface area contributed by atoms with Gasteiger partial charge in [-0.25, -0.2) is 17.5 Å². The van der Waals surface area contributed by atoms with E-state index < -0.39 is 20.7 Å². The molecule has 0 aliphatic rings. The maximum Gasteiger partial charge on any atom is 0.243 e. The molecule has 0 amide bonds. The molecule has 0 aliphatic heterocycles. The molecule has 2 N–H and O–H groups in total. The number of halogens is 1. The van der Waals surface area contributed by atoms with Crippen molar-refractivity contribution in [2.24, 2.45) is 0 Å². The molecule has 0 fully saturated rings. The topological polar surface area (TPSA) is 79.3 Å². The fourth-order valence-electron chi connectivity index (χ4n) is 1.62. The Balaban J connectivity index is 2.18. The van der Waals surface area contributed by atoms with E-state index in [1.807, 2.05) is 0 Å². The van der Waals surface area contributed by atoms with Gasteiger partial charge in [-0.3, -0.25) is 4.98 Å². The minimum Gasteiger partial charge on any atom is -0.392 e. The molecule has 0 saturated carbocycles. The molecule has 2 aromatic rings. The van der Waals surface area contributed by atoms with Gasteiger partial charge in [0.15, 0.2) is 0 Å². The van der Waals surface area contributed by atoms with Crippen molar-refractivity contribution < 1.29 is 17.9 Å². The number of nitrogens with one attached hydrogen (secondary N) is 1. The van der Waals surface area contributed by atoms with Crippen molar-refractivity contribution in [1.82, 2.24) is 9.71 Å². The number of rotatable bonds is 5. The van der Waals surface area contributed by atoms with Crippen LogP contribution in [0.1, 0.15) is 11.1 Å². The van der Waals surface area contributed by atoms with Gasteiger partial charge < -0.3 is 5.11 Å².